The predicted octanol–water partition coefficient (Wildman–Crippen LogP) is 1.10. The van der Waals surface area contributed by atoms with E-state index in [0.29, 0.717) is 25.1 Å². The third-order valence-corrected chi connectivity index (χ3v) is 2.29. The molecule has 2 N–H and O–H groups in total. The molecule has 0 unspecified atom stereocenters. The molecule has 0 spiro atoms. The molecule has 0 atom stereocenters. The van der Waals surface area contributed by atoms with Crippen LogP contribution in [-0.4, -0.2) is 36.6 Å². The number of aromatic hydroxyl groups is 1. The van der Waals surface area contributed by atoms with Crippen molar-refractivity contribution in [2.24, 2.45) is 0 Å². The smallest absolute Gasteiger partial charge is 0.223 e. The zero-order valence-electron chi connectivity index (χ0n) is 10.0. The van der Waals surface area contributed by atoms with Gasteiger partial charge < -0.3 is 15.3 Å². The Morgan fingerprint density at radius 1 is 1.41 bits per heavy atom. The van der Waals surface area contributed by atoms with Gasteiger partial charge in [0.15, 0.2) is 0 Å². The topological polar surface area (TPSA) is 52.6 Å². The molecule has 1 aromatic carbocycles. The molecule has 1 rings (SSSR count). The number of nitrogens with one attached hydrogen (secondary N) is 1. The van der Waals surface area contributed by atoms with Gasteiger partial charge in [-0.1, -0.05) is 0 Å². The third-order valence-electron chi connectivity index (χ3n) is 2.29. The minimum Gasteiger partial charge on any atom is -0.508 e. The van der Waals surface area contributed by atoms with Crippen LogP contribution in [0.4, 0.5) is 4.39 Å². The zero-order valence-corrected chi connectivity index (χ0v) is 10.0. The van der Waals surface area contributed by atoms with Crippen LogP contribution in [0.25, 0.3) is 0 Å². The monoisotopic (exact) mass is 240 g/mol. The van der Waals surface area contributed by atoms with Crippen molar-refractivity contribution in [3.05, 3.63) is 29.6 Å². The van der Waals surface area contributed by atoms with Gasteiger partial charge in [-0.05, 0) is 17.7 Å². The van der Waals surface area contributed by atoms with Crippen molar-refractivity contribution < 1.29 is 14.3 Å². The van der Waals surface area contributed by atoms with Crippen LogP contribution in [0.1, 0.15) is 12.0 Å². The number of carbonyl (C=O) groups is 1. The van der Waals surface area contributed by atoms with E-state index in [4.69, 9.17) is 0 Å². The van der Waals surface area contributed by atoms with Crippen LogP contribution < -0.4 is 5.32 Å². The Kier molecular flexibility index (Phi) is 4.90. The highest BCUT2D eigenvalue weighted by Gasteiger charge is 2.03. The van der Waals surface area contributed by atoms with Crippen LogP contribution in [0.5, 0.6) is 5.75 Å². The minimum absolute atomic E-state index is 0.0413. The Bertz CT molecular complexity index is 374. The quantitative estimate of drug-likeness (QED) is 0.758. The third kappa shape index (κ3) is 4.82. The summed E-state index contributed by atoms with van der Waals surface area (Å²) >= 11 is 0. The maximum atomic E-state index is 12.9. The minimum atomic E-state index is -0.467. The van der Waals surface area contributed by atoms with E-state index >= 15 is 0 Å². The van der Waals surface area contributed by atoms with Gasteiger partial charge in [-0.15, -0.1) is 0 Å². The number of hydrogen-bond acceptors (Lipinski definition) is 3. The molecule has 0 fully saturated rings. The van der Waals surface area contributed by atoms with Gasteiger partial charge in [-0.25, -0.2) is 4.39 Å². The average molecular weight is 240 g/mol. The summed E-state index contributed by atoms with van der Waals surface area (Å²) in [5.41, 5.74) is 0.653. The second-order valence-corrected chi connectivity index (χ2v) is 4.03. The van der Waals surface area contributed by atoms with Crippen molar-refractivity contribution in [2.45, 2.75) is 13.0 Å². The number of halogens is 1. The Morgan fingerprint density at radius 2 is 2.12 bits per heavy atom. The van der Waals surface area contributed by atoms with Gasteiger partial charge in [-0.2, -0.15) is 0 Å². The first-order valence-electron chi connectivity index (χ1n) is 5.38. The lowest BCUT2D eigenvalue weighted by molar-refractivity contribution is -0.128. The normalized spacial score (nSPS) is 10.3. The van der Waals surface area contributed by atoms with Crippen molar-refractivity contribution >= 4 is 5.91 Å². The molecule has 94 valence electrons. The van der Waals surface area contributed by atoms with Crippen molar-refractivity contribution in [1.29, 1.82) is 0 Å². The number of hydrogen-bond donors (Lipinski definition) is 2. The summed E-state index contributed by atoms with van der Waals surface area (Å²) in [6, 6.07) is 3.89. The number of nitrogens with zero attached hydrogens (tertiary/aromatic N) is 1. The summed E-state index contributed by atoms with van der Waals surface area (Å²) < 4.78 is 12.9. The van der Waals surface area contributed by atoms with Crippen molar-refractivity contribution in [3.63, 3.8) is 0 Å². The van der Waals surface area contributed by atoms with Crippen molar-refractivity contribution in [2.75, 3.05) is 20.6 Å². The van der Waals surface area contributed by atoms with E-state index in [-0.39, 0.29) is 11.7 Å². The second-order valence-electron chi connectivity index (χ2n) is 4.03. The molecule has 0 radical (unpaired) electrons. The van der Waals surface area contributed by atoms with E-state index in [1.54, 1.807) is 14.1 Å². The lowest BCUT2D eigenvalue weighted by Crippen LogP contribution is -2.26. The molecule has 17 heavy (non-hydrogen) atoms. The highest BCUT2D eigenvalue weighted by atomic mass is 19.1. The number of amides is 1. The van der Waals surface area contributed by atoms with Crippen LogP contribution in [0.2, 0.25) is 0 Å². The molecule has 0 aromatic heterocycles. The number of phenols is 1. The number of carbonyl (C=O) groups excluding carboxylic acids is 1. The molecule has 4 nitrogen and oxygen atoms in total. The van der Waals surface area contributed by atoms with Gasteiger partial charge in [0.2, 0.25) is 5.91 Å². The van der Waals surface area contributed by atoms with Crippen LogP contribution in [0.3, 0.4) is 0 Å². The maximum Gasteiger partial charge on any atom is 0.223 e. The summed E-state index contributed by atoms with van der Waals surface area (Å²) in [4.78, 5) is 12.8. The van der Waals surface area contributed by atoms with E-state index < -0.39 is 5.82 Å². The van der Waals surface area contributed by atoms with E-state index in [1.807, 2.05) is 0 Å². The molecule has 0 aliphatic carbocycles. The molecule has 0 heterocycles. The van der Waals surface area contributed by atoms with Crippen LogP contribution in [0.15, 0.2) is 18.2 Å². The van der Waals surface area contributed by atoms with E-state index in [0.717, 1.165) is 6.07 Å². The van der Waals surface area contributed by atoms with Gasteiger partial charge in [0.1, 0.15) is 11.6 Å². The first-order valence-corrected chi connectivity index (χ1v) is 5.38. The number of phenolic OH excluding ortho intramolecular Hbond substituents is 1. The van der Waals surface area contributed by atoms with E-state index in [1.165, 1.54) is 17.0 Å². The summed E-state index contributed by atoms with van der Waals surface area (Å²) in [6.07, 6.45) is 0.397. The Labute approximate surface area is 100 Å². The highest BCUT2D eigenvalue weighted by Crippen LogP contribution is 2.14. The second kappa shape index (κ2) is 6.20. The molecule has 0 aliphatic rings. The molecule has 1 aromatic rings. The molecule has 5 heteroatoms. The van der Waals surface area contributed by atoms with Crippen LogP contribution in [0, 0.1) is 5.82 Å². The van der Waals surface area contributed by atoms with E-state index in [2.05, 4.69) is 5.32 Å². The SMILES string of the molecule is CN(C)C(=O)CCNCc1cc(O)cc(F)c1. The summed E-state index contributed by atoms with van der Waals surface area (Å²) in [5.74, 6) is -0.517. The van der Waals surface area contributed by atoms with Crippen molar-refractivity contribution in [3.8, 4) is 5.75 Å². The molecule has 0 saturated carbocycles. The van der Waals surface area contributed by atoms with Gasteiger partial charge in [0, 0.05) is 39.7 Å². The number of benzene rings is 1. The zero-order chi connectivity index (χ0) is 12.8. The number of rotatable bonds is 5. The first-order chi connectivity index (χ1) is 7.99. The Hall–Kier alpha value is -1.62. The fourth-order valence-corrected chi connectivity index (χ4v) is 1.39. The molecule has 0 saturated heterocycles. The predicted molar refractivity (Wildman–Crippen MR) is 63.1 cm³/mol. The molecule has 0 bridgehead atoms. The maximum absolute atomic E-state index is 12.9. The fraction of sp³-hybridized carbons (Fsp3) is 0.417. The Balaban J connectivity index is 2.33. The van der Waals surface area contributed by atoms with Gasteiger partial charge in [-0.3, -0.25) is 4.79 Å². The Morgan fingerprint density at radius 3 is 2.71 bits per heavy atom. The highest BCUT2D eigenvalue weighted by molar-refractivity contribution is 5.75. The summed E-state index contributed by atoms with van der Waals surface area (Å²) in [7, 11) is 3.40. The average Bonchev–Trinajstić information content (AvgIpc) is 2.22. The summed E-state index contributed by atoms with van der Waals surface area (Å²) in [5, 5.41) is 12.2. The lowest BCUT2D eigenvalue weighted by Gasteiger charge is -2.10. The lowest BCUT2D eigenvalue weighted by atomic mass is 10.2. The van der Waals surface area contributed by atoms with E-state index in [9.17, 15) is 14.3 Å². The molecular formula is C12H17FN2O2. The van der Waals surface area contributed by atoms with Crippen molar-refractivity contribution in [1.82, 2.24) is 10.2 Å². The fourth-order valence-electron chi connectivity index (χ4n) is 1.39. The van der Waals surface area contributed by atoms with Crippen LogP contribution >= 0.6 is 0 Å². The van der Waals surface area contributed by atoms with Crippen LogP contribution in [-0.2, 0) is 11.3 Å². The molecule has 1 amide bonds. The first kappa shape index (κ1) is 13.4. The largest absolute Gasteiger partial charge is 0.508 e. The van der Waals surface area contributed by atoms with Gasteiger partial charge in [0.05, 0.1) is 0 Å². The molecular weight excluding hydrogens is 223 g/mol. The standard InChI is InChI=1S/C12H17FN2O2/c1-15(2)12(17)3-4-14-8-9-5-10(13)7-11(16)6-9/h5-7,14,16H,3-4,8H2,1-2H3. The summed E-state index contributed by atoms with van der Waals surface area (Å²) in [6.45, 7) is 0.945. The van der Waals surface area contributed by atoms with Gasteiger partial charge >= 0.3 is 0 Å². The molecule has 0 aliphatic heterocycles. The van der Waals surface area contributed by atoms with Gasteiger partial charge in [0.25, 0.3) is 0 Å².